The monoisotopic (exact) mass is 389 g/mol. The number of nitrogens with one attached hydrogen (secondary N) is 2. The molecular formula is C22H23N5O2. The molecule has 2 N–H and O–H groups in total. The van der Waals surface area contributed by atoms with Gasteiger partial charge in [0.05, 0.1) is 23.7 Å². The Labute approximate surface area is 169 Å². The predicted molar refractivity (Wildman–Crippen MR) is 113 cm³/mol. The molecule has 7 heteroatoms. The molecule has 2 aromatic carbocycles. The minimum absolute atomic E-state index is 0.0761. The first-order valence-electron chi connectivity index (χ1n) is 9.40. The molecule has 3 rings (SSSR count). The van der Waals surface area contributed by atoms with E-state index in [4.69, 9.17) is 0 Å². The molecule has 7 nitrogen and oxygen atoms in total. The Morgan fingerprint density at radius 2 is 1.69 bits per heavy atom. The fraction of sp³-hybridized carbons (Fsp3) is 0.182. The van der Waals surface area contributed by atoms with Crippen LogP contribution in [0.5, 0.6) is 0 Å². The van der Waals surface area contributed by atoms with Gasteiger partial charge in [0, 0.05) is 24.9 Å². The number of hydrogen-bond donors (Lipinski definition) is 2. The SMILES string of the molecule is O=[N+]([O-])c1ccc(CN=C(NCCc2ccccc2)NCc2ccccn2)cc1. The summed E-state index contributed by atoms with van der Waals surface area (Å²) in [6.07, 6.45) is 2.64. The van der Waals surface area contributed by atoms with Gasteiger partial charge < -0.3 is 10.6 Å². The summed E-state index contributed by atoms with van der Waals surface area (Å²) in [6.45, 7) is 1.71. The second-order valence-electron chi connectivity index (χ2n) is 6.43. The Hall–Kier alpha value is -3.74. The zero-order valence-corrected chi connectivity index (χ0v) is 16.0. The standard InChI is InChI=1S/C22H23N5O2/c28-27(29)21-11-9-19(10-12-21)16-25-22(26-17-20-8-4-5-14-23-20)24-15-13-18-6-2-1-3-7-18/h1-12,14H,13,15-17H2,(H2,24,25,26). The van der Waals surface area contributed by atoms with Crippen molar-refractivity contribution in [1.82, 2.24) is 15.6 Å². The lowest BCUT2D eigenvalue weighted by Gasteiger charge is -2.12. The summed E-state index contributed by atoms with van der Waals surface area (Å²) < 4.78 is 0. The summed E-state index contributed by atoms with van der Waals surface area (Å²) in [6, 6.07) is 22.5. The molecule has 0 unspecified atom stereocenters. The molecule has 0 aliphatic rings. The molecule has 3 aromatic rings. The lowest BCUT2D eigenvalue weighted by molar-refractivity contribution is -0.384. The first kappa shape index (κ1) is 20.0. The average Bonchev–Trinajstić information content (AvgIpc) is 2.77. The minimum Gasteiger partial charge on any atom is -0.356 e. The molecule has 0 spiro atoms. The van der Waals surface area contributed by atoms with Gasteiger partial charge in [-0.05, 0) is 29.7 Å². The van der Waals surface area contributed by atoms with Gasteiger partial charge in [-0.25, -0.2) is 4.99 Å². The van der Waals surface area contributed by atoms with E-state index in [1.54, 1.807) is 18.3 Å². The molecule has 29 heavy (non-hydrogen) atoms. The van der Waals surface area contributed by atoms with Crippen LogP contribution >= 0.6 is 0 Å². The Kier molecular flexibility index (Phi) is 7.28. The highest BCUT2D eigenvalue weighted by atomic mass is 16.6. The molecule has 0 fully saturated rings. The minimum atomic E-state index is -0.405. The van der Waals surface area contributed by atoms with Crippen molar-refractivity contribution in [3.05, 3.63) is 106 Å². The molecule has 0 atom stereocenters. The zero-order chi connectivity index (χ0) is 20.3. The van der Waals surface area contributed by atoms with Crippen LogP contribution in [0, 0.1) is 10.1 Å². The number of aromatic nitrogens is 1. The van der Waals surface area contributed by atoms with Crippen LogP contribution in [0.4, 0.5) is 5.69 Å². The van der Waals surface area contributed by atoms with E-state index in [0.29, 0.717) is 19.0 Å². The highest BCUT2D eigenvalue weighted by Gasteiger charge is 2.05. The topological polar surface area (TPSA) is 92.5 Å². The van der Waals surface area contributed by atoms with Gasteiger partial charge in [0.2, 0.25) is 0 Å². The first-order chi connectivity index (χ1) is 14.2. The molecule has 0 aliphatic heterocycles. The third-order valence-corrected chi connectivity index (χ3v) is 4.28. The third-order valence-electron chi connectivity index (χ3n) is 4.28. The highest BCUT2D eigenvalue weighted by molar-refractivity contribution is 5.79. The fourth-order valence-electron chi connectivity index (χ4n) is 2.71. The van der Waals surface area contributed by atoms with Crippen molar-refractivity contribution in [3.63, 3.8) is 0 Å². The van der Waals surface area contributed by atoms with E-state index in [0.717, 1.165) is 24.2 Å². The van der Waals surface area contributed by atoms with Crippen LogP contribution in [0.15, 0.2) is 84.0 Å². The van der Waals surface area contributed by atoms with Gasteiger partial charge in [-0.15, -0.1) is 0 Å². The van der Waals surface area contributed by atoms with Crippen molar-refractivity contribution < 1.29 is 4.92 Å². The summed E-state index contributed by atoms with van der Waals surface area (Å²) in [4.78, 5) is 19.3. The number of nitrogens with zero attached hydrogens (tertiary/aromatic N) is 3. The van der Waals surface area contributed by atoms with Crippen molar-refractivity contribution in [1.29, 1.82) is 0 Å². The summed E-state index contributed by atoms with van der Waals surface area (Å²) in [5, 5.41) is 17.4. The van der Waals surface area contributed by atoms with Crippen LogP contribution in [-0.4, -0.2) is 22.4 Å². The molecule has 0 amide bonds. The number of benzene rings is 2. The molecule has 1 heterocycles. The van der Waals surface area contributed by atoms with E-state index in [9.17, 15) is 10.1 Å². The van der Waals surface area contributed by atoms with E-state index < -0.39 is 4.92 Å². The number of pyridine rings is 1. The van der Waals surface area contributed by atoms with Crippen LogP contribution in [0.3, 0.4) is 0 Å². The summed E-state index contributed by atoms with van der Waals surface area (Å²) in [5.41, 5.74) is 3.14. The molecule has 0 aliphatic carbocycles. The number of non-ortho nitro benzene ring substituents is 1. The predicted octanol–water partition coefficient (Wildman–Crippen LogP) is 3.47. The third kappa shape index (κ3) is 6.73. The molecule has 148 valence electrons. The number of guanidine groups is 1. The highest BCUT2D eigenvalue weighted by Crippen LogP contribution is 2.12. The van der Waals surface area contributed by atoms with E-state index in [-0.39, 0.29) is 5.69 Å². The second-order valence-corrected chi connectivity index (χ2v) is 6.43. The van der Waals surface area contributed by atoms with Gasteiger partial charge in [-0.3, -0.25) is 15.1 Å². The van der Waals surface area contributed by atoms with Gasteiger partial charge >= 0.3 is 0 Å². The number of hydrogen-bond acceptors (Lipinski definition) is 4. The maximum atomic E-state index is 10.8. The van der Waals surface area contributed by atoms with E-state index in [1.165, 1.54) is 17.7 Å². The Morgan fingerprint density at radius 1 is 0.931 bits per heavy atom. The number of rotatable bonds is 8. The zero-order valence-electron chi connectivity index (χ0n) is 16.0. The Bertz CT molecular complexity index is 928. The fourth-order valence-corrected chi connectivity index (χ4v) is 2.71. The van der Waals surface area contributed by atoms with E-state index in [2.05, 4.69) is 32.7 Å². The van der Waals surface area contributed by atoms with E-state index in [1.807, 2.05) is 36.4 Å². The van der Waals surface area contributed by atoms with Crippen LogP contribution in [-0.2, 0) is 19.5 Å². The average molecular weight is 389 g/mol. The first-order valence-corrected chi connectivity index (χ1v) is 9.40. The van der Waals surface area contributed by atoms with E-state index >= 15 is 0 Å². The lowest BCUT2D eigenvalue weighted by atomic mass is 10.1. The molecular weight excluding hydrogens is 366 g/mol. The molecule has 0 radical (unpaired) electrons. The van der Waals surface area contributed by atoms with Crippen molar-refractivity contribution in [2.45, 2.75) is 19.5 Å². The van der Waals surface area contributed by atoms with Crippen molar-refractivity contribution in [3.8, 4) is 0 Å². The molecule has 1 aromatic heterocycles. The van der Waals surface area contributed by atoms with Crippen molar-refractivity contribution in [2.75, 3.05) is 6.54 Å². The van der Waals surface area contributed by atoms with Crippen LogP contribution in [0.25, 0.3) is 0 Å². The second kappa shape index (κ2) is 10.6. The normalized spacial score (nSPS) is 11.1. The Morgan fingerprint density at radius 3 is 2.38 bits per heavy atom. The molecule has 0 bridgehead atoms. The maximum Gasteiger partial charge on any atom is 0.269 e. The van der Waals surface area contributed by atoms with Gasteiger partial charge in [0.1, 0.15) is 0 Å². The summed E-state index contributed by atoms with van der Waals surface area (Å²) >= 11 is 0. The number of aliphatic imine (C=N–C) groups is 1. The van der Waals surface area contributed by atoms with Gasteiger partial charge in [-0.2, -0.15) is 0 Å². The van der Waals surface area contributed by atoms with Crippen molar-refractivity contribution in [2.24, 2.45) is 4.99 Å². The number of nitro benzene ring substituents is 1. The summed E-state index contributed by atoms with van der Waals surface area (Å²) in [5.74, 6) is 0.671. The summed E-state index contributed by atoms with van der Waals surface area (Å²) in [7, 11) is 0. The van der Waals surface area contributed by atoms with Crippen molar-refractivity contribution >= 4 is 11.6 Å². The van der Waals surface area contributed by atoms with Crippen LogP contribution in [0.2, 0.25) is 0 Å². The van der Waals surface area contributed by atoms with Gasteiger partial charge in [0.25, 0.3) is 5.69 Å². The van der Waals surface area contributed by atoms with Gasteiger partial charge in [0.15, 0.2) is 5.96 Å². The Balaban J connectivity index is 1.61. The van der Waals surface area contributed by atoms with Gasteiger partial charge in [-0.1, -0.05) is 48.5 Å². The largest absolute Gasteiger partial charge is 0.356 e. The molecule has 0 saturated carbocycles. The van der Waals surface area contributed by atoms with Crippen LogP contribution in [0.1, 0.15) is 16.8 Å². The number of nitro groups is 1. The maximum absolute atomic E-state index is 10.8. The molecule has 0 saturated heterocycles. The smallest absolute Gasteiger partial charge is 0.269 e. The van der Waals surface area contributed by atoms with Crippen LogP contribution < -0.4 is 10.6 Å². The lowest BCUT2D eigenvalue weighted by Crippen LogP contribution is -2.38. The quantitative estimate of drug-likeness (QED) is 0.266.